The van der Waals surface area contributed by atoms with Gasteiger partial charge in [-0.1, -0.05) is 0 Å². The van der Waals surface area contributed by atoms with Gasteiger partial charge < -0.3 is 4.74 Å². The molecule has 18 heavy (non-hydrogen) atoms. The van der Waals surface area contributed by atoms with Crippen LogP contribution in [0.15, 0.2) is 0 Å². The molecule has 0 amide bonds. The summed E-state index contributed by atoms with van der Waals surface area (Å²) in [5.74, 6) is -0.240. The number of ether oxygens (including phenoxy) is 1. The molecule has 2 nitrogen and oxygen atoms in total. The average molecular weight is 511 g/mol. The standard InChI is InChI=1S/C13H18O2.2HI.V/c1-7-8(2)10(4)12(13(14)15-6)11(5)9(7)3;;;/h1-6H3;2*1H;/q;;;+2/p-2. The van der Waals surface area contributed by atoms with Gasteiger partial charge in [0, 0.05) is 0 Å². The molecule has 1 aromatic carbocycles. The molecule has 0 saturated heterocycles. The van der Waals surface area contributed by atoms with Crippen molar-refractivity contribution in [2.45, 2.75) is 34.6 Å². The molecule has 1 rings (SSSR count). The fourth-order valence-electron chi connectivity index (χ4n) is 1.91. The molecular weight excluding hydrogens is 493 g/mol. The summed E-state index contributed by atoms with van der Waals surface area (Å²) in [6.45, 7) is 10.1. The summed E-state index contributed by atoms with van der Waals surface area (Å²) in [4.78, 5) is 11.6. The number of carbonyl (C=O) groups excluding carboxylic acids is 1. The van der Waals surface area contributed by atoms with Gasteiger partial charge in [-0.2, -0.15) is 0 Å². The molecule has 1 aromatic rings. The third kappa shape index (κ3) is 4.39. The number of benzene rings is 1. The molecule has 0 bridgehead atoms. The van der Waals surface area contributed by atoms with Crippen molar-refractivity contribution in [3.05, 3.63) is 33.4 Å². The van der Waals surface area contributed by atoms with Crippen LogP contribution in [0, 0.1) is 34.6 Å². The first-order valence-corrected chi connectivity index (χ1v) is 14.4. The van der Waals surface area contributed by atoms with Gasteiger partial charge in [-0.3, -0.25) is 0 Å². The van der Waals surface area contributed by atoms with Gasteiger partial charge in [0.1, 0.15) is 0 Å². The van der Waals surface area contributed by atoms with Crippen molar-refractivity contribution in [1.29, 1.82) is 0 Å². The second-order valence-electron chi connectivity index (χ2n) is 4.06. The number of rotatable bonds is 1. The van der Waals surface area contributed by atoms with Gasteiger partial charge in [-0.25, -0.2) is 4.79 Å². The van der Waals surface area contributed by atoms with E-state index in [9.17, 15) is 4.79 Å². The Bertz CT molecular complexity index is 416. The van der Waals surface area contributed by atoms with Crippen LogP contribution in [0.4, 0.5) is 0 Å². The molecule has 0 aromatic heterocycles. The monoisotopic (exact) mass is 511 g/mol. The SMILES string of the molecule is COC(=O)c1c(C)c(C)c(C)c(C)c1C.[I][V][I]. The topological polar surface area (TPSA) is 26.3 Å². The van der Waals surface area contributed by atoms with E-state index in [-0.39, 0.29) is 5.97 Å². The summed E-state index contributed by atoms with van der Waals surface area (Å²) >= 11 is 4.74. The first-order chi connectivity index (χ1) is 8.33. The van der Waals surface area contributed by atoms with Gasteiger partial charge in [-0.05, 0) is 62.4 Å². The molecule has 101 valence electrons. The molecular formula is C13H18I2O2V. The van der Waals surface area contributed by atoms with E-state index in [0.29, 0.717) is 9.47 Å². The minimum atomic E-state index is -0.240. The number of hydrogen-bond acceptors (Lipinski definition) is 2. The fourth-order valence-corrected chi connectivity index (χ4v) is 1.91. The summed E-state index contributed by atoms with van der Waals surface area (Å²) < 4.78 is 4.81. The number of methoxy groups -OCH3 is 1. The van der Waals surface area contributed by atoms with E-state index in [4.69, 9.17) is 4.74 Å². The van der Waals surface area contributed by atoms with E-state index in [1.165, 1.54) is 23.8 Å². The van der Waals surface area contributed by atoms with Gasteiger partial charge in [-0.15, -0.1) is 0 Å². The molecule has 0 N–H and O–H groups in total. The molecule has 0 aliphatic rings. The summed E-state index contributed by atoms with van der Waals surface area (Å²) in [6.07, 6.45) is 0. The van der Waals surface area contributed by atoms with Crippen molar-refractivity contribution < 1.29 is 19.0 Å². The predicted octanol–water partition coefficient (Wildman–Crippen LogP) is 4.78. The Morgan fingerprint density at radius 3 is 1.44 bits per heavy atom. The fraction of sp³-hybridized carbons (Fsp3) is 0.462. The summed E-state index contributed by atoms with van der Waals surface area (Å²) in [5.41, 5.74) is 6.40. The summed E-state index contributed by atoms with van der Waals surface area (Å²) in [5, 5.41) is 0. The van der Waals surface area contributed by atoms with Crippen LogP contribution >= 0.6 is 40.0 Å². The van der Waals surface area contributed by atoms with Crippen molar-refractivity contribution in [3.8, 4) is 0 Å². The molecule has 0 aliphatic carbocycles. The zero-order valence-corrected chi connectivity index (χ0v) is 17.2. The van der Waals surface area contributed by atoms with Gasteiger partial charge >= 0.3 is 55.4 Å². The molecule has 0 unspecified atom stereocenters. The summed E-state index contributed by atoms with van der Waals surface area (Å²) in [7, 11) is 2.05. The Hall–Kier alpha value is 0.734. The van der Waals surface area contributed by atoms with Crippen molar-refractivity contribution >= 4 is 45.9 Å². The van der Waals surface area contributed by atoms with E-state index >= 15 is 0 Å². The van der Waals surface area contributed by atoms with E-state index in [1.54, 1.807) is 0 Å². The average Bonchev–Trinajstić information content (AvgIpc) is 2.35. The molecule has 0 radical (unpaired) electrons. The number of carbonyl (C=O) groups is 1. The van der Waals surface area contributed by atoms with E-state index in [0.717, 1.165) is 16.7 Å². The Balaban J connectivity index is 0.000000873. The summed E-state index contributed by atoms with van der Waals surface area (Å²) in [6, 6.07) is 0. The Morgan fingerprint density at radius 1 is 0.889 bits per heavy atom. The maximum atomic E-state index is 11.6. The third-order valence-electron chi connectivity index (χ3n) is 3.39. The molecule has 0 spiro atoms. The van der Waals surface area contributed by atoms with Gasteiger partial charge in [0.15, 0.2) is 0 Å². The first-order valence-electron chi connectivity index (χ1n) is 5.40. The molecule has 0 fully saturated rings. The Labute approximate surface area is 138 Å². The molecule has 0 atom stereocenters. The predicted molar refractivity (Wildman–Crippen MR) is 89.5 cm³/mol. The second-order valence-corrected chi connectivity index (χ2v) is 15.8. The molecule has 0 saturated carbocycles. The van der Waals surface area contributed by atoms with Gasteiger partial charge in [0.25, 0.3) is 0 Å². The first kappa shape index (κ1) is 18.7. The van der Waals surface area contributed by atoms with Crippen LogP contribution in [0.3, 0.4) is 0 Å². The molecule has 5 heteroatoms. The maximum absolute atomic E-state index is 11.6. The van der Waals surface area contributed by atoms with E-state index < -0.39 is 0 Å². The van der Waals surface area contributed by atoms with Gasteiger partial charge in [0.2, 0.25) is 0 Å². The van der Waals surface area contributed by atoms with Crippen LogP contribution in [0.1, 0.15) is 38.2 Å². The van der Waals surface area contributed by atoms with Crippen LogP contribution in [0.25, 0.3) is 0 Å². The quantitative estimate of drug-likeness (QED) is 0.401. The number of hydrogen-bond donors (Lipinski definition) is 0. The third-order valence-corrected chi connectivity index (χ3v) is 3.39. The van der Waals surface area contributed by atoms with Gasteiger partial charge in [0.05, 0.1) is 12.7 Å². The zero-order valence-electron chi connectivity index (χ0n) is 11.5. The number of halogens is 2. The van der Waals surface area contributed by atoms with Crippen molar-refractivity contribution in [2.75, 3.05) is 7.11 Å². The van der Waals surface area contributed by atoms with Crippen molar-refractivity contribution in [3.63, 3.8) is 0 Å². The second kappa shape index (κ2) is 8.82. The van der Waals surface area contributed by atoms with Crippen LogP contribution < -0.4 is 0 Å². The van der Waals surface area contributed by atoms with Crippen molar-refractivity contribution in [1.82, 2.24) is 0 Å². The normalized spacial score (nSPS) is 9.33. The Kier molecular flexibility index (Phi) is 9.18. The molecule has 0 heterocycles. The van der Waals surface area contributed by atoms with Crippen LogP contribution in [-0.4, -0.2) is 13.1 Å². The van der Waals surface area contributed by atoms with Crippen molar-refractivity contribution in [2.24, 2.45) is 0 Å². The van der Waals surface area contributed by atoms with Crippen LogP contribution in [0.5, 0.6) is 0 Å². The number of esters is 1. The Morgan fingerprint density at radius 2 is 1.17 bits per heavy atom. The zero-order chi connectivity index (χ0) is 14.5. The van der Waals surface area contributed by atoms with E-state index in [2.05, 4.69) is 46.9 Å². The van der Waals surface area contributed by atoms with Crippen LogP contribution in [-0.2, 0) is 14.2 Å². The minimum absolute atomic E-state index is 0.240. The van der Waals surface area contributed by atoms with Crippen LogP contribution in [0.2, 0.25) is 0 Å². The molecule has 0 aliphatic heterocycles. The van der Waals surface area contributed by atoms with E-state index in [1.807, 2.05) is 27.7 Å².